The summed E-state index contributed by atoms with van der Waals surface area (Å²) in [5, 5.41) is 13.8. The largest absolute Gasteiger partial charge is 0.506 e. The third-order valence-electron chi connectivity index (χ3n) is 3.17. The Labute approximate surface area is 176 Å². The Morgan fingerprint density at radius 2 is 2.04 bits per heavy atom. The molecule has 0 aliphatic rings. The molecule has 5 nitrogen and oxygen atoms in total. The van der Waals surface area contributed by atoms with Crippen LogP contribution in [-0.4, -0.2) is 23.8 Å². The smallest absolute Gasteiger partial charge is 0.277 e. The number of phenols is 1. The van der Waals surface area contributed by atoms with Crippen LogP contribution in [0.2, 0.25) is 0 Å². The first-order valence-electron chi connectivity index (χ1n) is 7.17. The van der Waals surface area contributed by atoms with E-state index >= 15 is 0 Å². The number of ether oxygens (including phenoxy) is 1. The van der Waals surface area contributed by atoms with E-state index in [4.69, 9.17) is 4.74 Å². The number of rotatable bonds is 5. The number of benzene rings is 2. The molecule has 2 aromatic carbocycles. The van der Waals surface area contributed by atoms with E-state index in [9.17, 15) is 9.90 Å². The van der Waals surface area contributed by atoms with Crippen molar-refractivity contribution in [3.63, 3.8) is 0 Å². The molecule has 0 atom stereocenters. The summed E-state index contributed by atoms with van der Waals surface area (Å²) in [7, 11) is 0. The zero-order valence-corrected chi connectivity index (χ0v) is 18.8. The molecule has 2 rings (SSSR count). The van der Waals surface area contributed by atoms with Crippen molar-refractivity contribution in [2.24, 2.45) is 5.10 Å². The molecule has 25 heavy (non-hydrogen) atoms. The fraction of sp³-hybridized carbons (Fsp3) is 0.176. The molecule has 0 bridgehead atoms. The van der Waals surface area contributed by atoms with Gasteiger partial charge in [0.05, 0.1) is 14.3 Å². The van der Waals surface area contributed by atoms with Crippen LogP contribution in [0, 0.1) is 17.4 Å². The maximum Gasteiger partial charge on any atom is 0.277 e. The summed E-state index contributed by atoms with van der Waals surface area (Å²) in [5.41, 5.74) is 4.92. The van der Waals surface area contributed by atoms with E-state index in [0.717, 1.165) is 20.1 Å². The summed E-state index contributed by atoms with van der Waals surface area (Å²) in [6.45, 7) is 3.74. The van der Waals surface area contributed by atoms with Crippen molar-refractivity contribution < 1.29 is 14.6 Å². The van der Waals surface area contributed by atoms with Gasteiger partial charge in [0.2, 0.25) is 0 Å². The highest BCUT2D eigenvalue weighted by Crippen LogP contribution is 2.30. The zero-order valence-electron chi connectivity index (χ0n) is 13.4. The van der Waals surface area contributed by atoms with E-state index in [2.05, 4.69) is 42.4 Å². The third-order valence-corrected chi connectivity index (χ3v) is 5.04. The highest BCUT2D eigenvalue weighted by Gasteiger charge is 2.09. The number of amides is 1. The van der Waals surface area contributed by atoms with E-state index in [-0.39, 0.29) is 12.4 Å². The number of carbonyl (C=O) groups excluding carboxylic acids is 1. The molecule has 0 saturated carbocycles. The van der Waals surface area contributed by atoms with Gasteiger partial charge in [-0.25, -0.2) is 5.43 Å². The Bertz CT molecular complexity index is 818. The average molecular weight is 582 g/mol. The third kappa shape index (κ3) is 5.68. The Balaban J connectivity index is 1.96. The van der Waals surface area contributed by atoms with E-state index in [1.165, 1.54) is 6.21 Å². The van der Waals surface area contributed by atoms with Crippen LogP contribution >= 0.6 is 54.5 Å². The molecular weight excluding hydrogens is 567 g/mol. The van der Waals surface area contributed by atoms with Gasteiger partial charge < -0.3 is 9.84 Å². The summed E-state index contributed by atoms with van der Waals surface area (Å²) < 4.78 is 7.85. The molecule has 8 heteroatoms. The molecule has 0 spiro atoms. The topological polar surface area (TPSA) is 70.9 Å². The number of hydrogen-bond acceptors (Lipinski definition) is 4. The number of halogens is 3. The van der Waals surface area contributed by atoms with Crippen LogP contribution < -0.4 is 10.2 Å². The molecule has 1 amide bonds. The number of hydrazone groups is 1. The Hall–Kier alpha value is -1.13. The van der Waals surface area contributed by atoms with Gasteiger partial charge in [-0.15, -0.1) is 0 Å². The van der Waals surface area contributed by atoms with Crippen molar-refractivity contribution in [1.82, 2.24) is 5.43 Å². The number of nitrogens with one attached hydrogen (secondary N) is 1. The van der Waals surface area contributed by atoms with Crippen molar-refractivity contribution in [1.29, 1.82) is 0 Å². The zero-order chi connectivity index (χ0) is 18.6. The normalized spacial score (nSPS) is 10.9. The number of phenolic OH excluding ortho intramolecular Hbond substituents is 1. The predicted molar refractivity (Wildman–Crippen MR) is 113 cm³/mol. The van der Waals surface area contributed by atoms with Gasteiger partial charge in [-0.2, -0.15) is 5.10 Å². The SMILES string of the molecule is Cc1cc(C)c(OCC(=O)N/N=C/c2cc(Br)cc(I)c2O)c(Br)c1. The maximum absolute atomic E-state index is 11.9. The van der Waals surface area contributed by atoms with Crippen LogP contribution in [0.15, 0.2) is 38.3 Å². The fourth-order valence-corrected chi connectivity index (χ4v) is 4.45. The van der Waals surface area contributed by atoms with Gasteiger partial charge >= 0.3 is 0 Å². The van der Waals surface area contributed by atoms with Crippen molar-refractivity contribution in [2.45, 2.75) is 13.8 Å². The second-order valence-electron chi connectivity index (χ2n) is 5.30. The second kappa shape index (κ2) is 9.00. The molecule has 0 fully saturated rings. The van der Waals surface area contributed by atoms with Crippen molar-refractivity contribution in [3.8, 4) is 11.5 Å². The van der Waals surface area contributed by atoms with Crippen LogP contribution in [0.3, 0.4) is 0 Å². The van der Waals surface area contributed by atoms with Gasteiger partial charge in [-0.3, -0.25) is 4.79 Å². The first-order chi connectivity index (χ1) is 11.8. The predicted octanol–water partition coefficient (Wildman–Crippen LogP) is 4.67. The summed E-state index contributed by atoms with van der Waals surface area (Å²) in [5.74, 6) is 0.341. The molecular formula is C17H15Br2IN2O3. The summed E-state index contributed by atoms with van der Waals surface area (Å²) in [6.07, 6.45) is 1.38. The minimum Gasteiger partial charge on any atom is -0.506 e. The lowest BCUT2D eigenvalue weighted by molar-refractivity contribution is -0.123. The van der Waals surface area contributed by atoms with Gasteiger partial charge in [-0.1, -0.05) is 22.0 Å². The molecule has 132 valence electrons. The second-order valence-corrected chi connectivity index (χ2v) is 8.23. The van der Waals surface area contributed by atoms with Gasteiger partial charge in [0.15, 0.2) is 6.61 Å². The van der Waals surface area contributed by atoms with Crippen LogP contribution in [0.5, 0.6) is 11.5 Å². The summed E-state index contributed by atoms with van der Waals surface area (Å²) in [6, 6.07) is 7.39. The van der Waals surface area contributed by atoms with Gasteiger partial charge in [0.25, 0.3) is 5.91 Å². The van der Waals surface area contributed by atoms with E-state index in [0.29, 0.717) is 14.9 Å². The highest BCUT2D eigenvalue weighted by atomic mass is 127. The minimum absolute atomic E-state index is 0.109. The molecule has 2 N–H and O–H groups in total. The van der Waals surface area contributed by atoms with Crippen LogP contribution in [0.4, 0.5) is 0 Å². The quantitative estimate of drug-likeness (QED) is 0.306. The molecule has 0 aromatic heterocycles. The molecule has 0 unspecified atom stereocenters. The monoisotopic (exact) mass is 580 g/mol. The molecule has 0 radical (unpaired) electrons. The lowest BCUT2D eigenvalue weighted by atomic mass is 10.1. The van der Waals surface area contributed by atoms with E-state index in [1.54, 1.807) is 12.1 Å². The average Bonchev–Trinajstić information content (AvgIpc) is 2.50. The van der Waals surface area contributed by atoms with Gasteiger partial charge in [0.1, 0.15) is 11.5 Å². The van der Waals surface area contributed by atoms with Crippen molar-refractivity contribution in [3.05, 3.63) is 53.5 Å². The minimum atomic E-state index is -0.396. The molecule has 0 heterocycles. The fourth-order valence-electron chi connectivity index (χ4n) is 2.11. The van der Waals surface area contributed by atoms with Crippen molar-refractivity contribution in [2.75, 3.05) is 6.61 Å². The van der Waals surface area contributed by atoms with E-state index < -0.39 is 5.91 Å². The number of hydrogen-bond donors (Lipinski definition) is 2. The number of nitrogens with zero attached hydrogens (tertiary/aromatic N) is 1. The van der Waals surface area contributed by atoms with E-state index in [1.807, 2.05) is 48.6 Å². The molecule has 0 saturated heterocycles. The lowest BCUT2D eigenvalue weighted by Gasteiger charge is -2.11. The first-order valence-corrected chi connectivity index (χ1v) is 9.84. The maximum atomic E-state index is 11.9. The van der Waals surface area contributed by atoms with Crippen LogP contribution in [-0.2, 0) is 4.79 Å². The lowest BCUT2D eigenvalue weighted by Crippen LogP contribution is -2.24. The Morgan fingerprint density at radius 3 is 2.72 bits per heavy atom. The highest BCUT2D eigenvalue weighted by molar-refractivity contribution is 14.1. The Morgan fingerprint density at radius 1 is 1.32 bits per heavy atom. The molecule has 0 aliphatic carbocycles. The van der Waals surface area contributed by atoms with Crippen LogP contribution in [0.1, 0.15) is 16.7 Å². The van der Waals surface area contributed by atoms with Gasteiger partial charge in [0, 0.05) is 10.0 Å². The molecule has 0 aliphatic heterocycles. The Kier molecular flexibility index (Phi) is 7.26. The number of aryl methyl sites for hydroxylation is 2. The molecule has 2 aromatic rings. The first kappa shape index (κ1) is 20.2. The summed E-state index contributed by atoms with van der Waals surface area (Å²) >= 11 is 8.80. The number of aromatic hydroxyl groups is 1. The van der Waals surface area contributed by atoms with Crippen LogP contribution in [0.25, 0.3) is 0 Å². The summed E-state index contributed by atoms with van der Waals surface area (Å²) in [4.78, 5) is 11.9. The van der Waals surface area contributed by atoms with Gasteiger partial charge in [-0.05, 0) is 81.7 Å². The number of carbonyl (C=O) groups is 1. The van der Waals surface area contributed by atoms with Crippen molar-refractivity contribution >= 4 is 66.6 Å². The standard InChI is InChI=1S/C17H15Br2IN2O3/c1-9-3-10(2)17(13(19)4-9)25-8-15(23)22-21-7-11-5-12(18)6-14(20)16(11)24/h3-7,24H,8H2,1-2H3,(H,22,23)/b21-7+.